The highest BCUT2D eigenvalue weighted by atomic mass is 32.1. The van der Waals surface area contributed by atoms with Gasteiger partial charge in [-0.05, 0) is 62.3 Å². The van der Waals surface area contributed by atoms with Gasteiger partial charge in [-0.1, -0.05) is 41.7 Å². The fourth-order valence-electron chi connectivity index (χ4n) is 4.60. The van der Waals surface area contributed by atoms with Gasteiger partial charge in [-0.25, -0.2) is 14.6 Å². The number of nitrogens with zero attached hydrogens (tertiary/aromatic N) is 2. The molecule has 0 fully saturated rings. The highest BCUT2D eigenvalue weighted by Gasteiger charge is 2.33. The molecule has 9 heteroatoms. The minimum absolute atomic E-state index is 0.182. The predicted molar refractivity (Wildman–Crippen MR) is 144 cm³/mol. The molecule has 3 aromatic rings. The summed E-state index contributed by atoms with van der Waals surface area (Å²) < 4.78 is 18.2. The van der Waals surface area contributed by atoms with Gasteiger partial charge in [0.05, 0.1) is 41.1 Å². The Morgan fingerprint density at radius 1 is 1.13 bits per heavy atom. The first kappa shape index (κ1) is 25.4. The number of methoxy groups -OCH3 is 1. The van der Waals surface area contributed by atoms with Crippen LogP contribution in [0, 0.1) is 0 Å². The number of ether oxygens (including phenoxy) is 3. The van der Waals surface area contributed by atoms with E-state index in [1.807, 2.05) is 43.3 Å². The molecule has 2 aliphatic rings. The lowest BCUT2D eigenvalue weighted by molar-refractivity contribution is -0.139. The van der Waals surface area contributed by atoms with E-state index < -0.39 is 18.0 Å². The maximum atomic E-state index is 13.8. The summed E-state index contributed by atoms with van der Waals surface area (Å²) in [6.45, 7) is 5.57. The van der Waals surface area contributed by atoms with Crippen LogP contribution >= 0.6 is 11.3 Å². The summed E-state index contributed by atoms with van der Waals surface area (Å²) in [5.41, 5.74) is 3.27. The van der Waals surface area contributed by atoms with Crippen molar-refractivity contribution in [3.05, 3.63) is 102 Å². The molecule has 38 heavy (non-hydrogen) atoms. The number of rotatable bonds is 5. The van der Waals surface area contributed by atoms with Crippen LogP contribution in [0.4, 0.5) is 0 Å². The third kappa shape index (κ3) is 4.50. The van der Waals surface area contributed by atoms with Crippen LogP contribution in [0.25, 0.3) is 12.2 Å². The third-order valence-electron chi connectivity index (χ3n) is 6.48. The Morgan fingerprint density at radius 3 is 2.58 bits per heavy atom. The quantitative estimate of drug-likeness (QED) is 0.469. The summed E-state index contributed by atoms with van der Waals surface area (Å²) in [7, 11) is 1.31. The zero-order chi connectivity index (χ0) is 27.0. The zero-order valence-electron chi connectivity index (χ0n) is 21.4. The molecule has 0 radical (unpaired) electrons. The minimum Gasteiger partial charge on any atom is -0.485 e. The Balaban J connectivity index is 1.67. The average Bonchev–Trinajstić information content (AvgIpc) is 3.22. The van der Waals surface area contributed by atoms with Crippen molar-refractivity contribution in [2.45, 2.75) is 32.9 Å². The van der Waals surface area contributed by atoms with Crippen LogP contribution in [-0.2, 0) is 14.3 Å². The van der Waals surface area contributed by atoms with E-state index in [1.165, 1.54) is 23.0 Å². The average molecular weight is 531 g/mol. The van der Waals surface area contributed by atoms with Crippen LogP contribution in [0.3, 0.4) is 0 Å². The summed E-state index contributed by atoms with van der Waals surface area (Å²) in [4.78, 5) is 43.9. The molecule has 2 aromatic carbocycles. The molecule has 3 heterocycles. The van der Waals surface area contributed by atoms with E-state index >= 15 is 0 Å². The molecule has 0 amide bonds. The summed E-state index contributed by atoms with van der Waals surface area (Å²) in [6, 6.07) is 13.6. The number of benzene rings is 2. The first-order chi connectivity index (χ1) is 18.3. The molecule has 2 aliphatic heterocycles. The molecule has 1 aromatic heterocycles. The largest absolute Gasteiger partial charge is 0.485 e. The van der Waals surface area contributed by atoms with E-state index in [2.05, 4.69) is 4.99 Å². The Hall–Kier alpha value is -4.24. The molecular formula is C29H26N2O6S. The summed E-state index contributed by atoms with van der Waals surface area (Å²) in [6.07, 6.45) is 3.59. The molecule has 0 saturated heterocycles. The number of hydrogen-bond donors (Lipinski definition) is 0. The van der Waals surface area contributed by atoms with Gasteiger partial charge in [-0.15, -0.1) is 0 Å². The van der Waals surface area contributed by atoms with Gasteiger partial charge >= 0.3 is 11.9 Å². The van der Waals surface area contributed by atoms with Gasteiger partial charge < -0.3 is 14.2 Å². The van der Waals surface area contributed by atoms with E-state index in [4.69, 9.17) is 14.2 Å². The number of carbonyl (C=O) groups excluding carboxylic acids is 2. The molecule has 0 saturated carbocycles. The molecule has 194 valence electrons. The second-order valence-corrected chi connectivity index (χ2v) is 9.87. The van der Waals surface area contributed by atoms with Crippen molar-refractivity contribution in [3.8, 4) is 5.75 Å². The second-order valence-electron chi connectivity index (χ2n) is 8.86. The minimum atomic E-state index is -0.770. The second kappa shape index (κ2) is 10.3. The molecule has 2 atom stereocenters. The molecular weight excluding hydrogens is 504 g/mol. The molecule has 0 unspecified atom stereocenters. The lowest BCUT2D eigenvalue weighted by Gasteiger charge is -2.24. The number of thiazole rings is 1. The topological polar surface area (TPSA) is 96.2 Å². The first-order valence-electron chi connectivity index (χ1n) is 12.2. The molecule has 8 nitrogen and oxygen atoms in total. The van der Waals surface area contributed by atoms with Gasteiger partial charge in [-0.2, -0.15) is 0 Å². The standard InChI is InChI=1S/C29H26N2O6S/c1-5-36-28(34)24-16(2)30-29-31(25(24)18-10-12-19(13-11-18)27(33)35-4)26(32)23(38-29)15-21-14-20-8-6-7-9-22(20)37-17(21)3/h6-15,17,25H,5H2,1-4H3/b23-15-/t17-,25-/m1/s1. The smallest absolute Gasteiger partial charge is 0.338 e. The maximum Gasteiger partial charge on any atom is 0.338 e. The van der Waals surface area contributed by atoms with Crippen molar-refractivity contribution in [3.63, 3.8) is 0 Å². The van der Waals surface area contributed by atoms with Crippen LogP contribution < -0.4 is 19.6 Å². The van der Waals surface area contributed by atoms with Crippen LogP contribution in [0.5, 0.6) is 5.75 Å². The Bertz CT molecular complexity index is 1680. The van der Waals surface area contributed by atoms with Crippen LogP contribution in [0.1, 0.15) is 48.3 Å². The fraction of sp³-hybridized carbons (Fsp3) is 0.241. The Kier molecular flexibility index (Phi) is 6.86. The fourth-order valence-corrected chi connectivity index (χ4v) is 5.65. The first-order valence-corrected chi connectivity index (χ1v) is 13.0. The number of hydrogen-bond acceptors (Lipinski definition) is 8. The van der Waals surface area contributed by atoms with Crippen LogP contribution in [0.15, 0.2) is 75.2 Å². The van der Waals surface area contributed by atoms with Gasteiger partial charge in [0.1, 0.15) is 11.9 Å². The van der Waals surface area contributed by atoms with Crippen molar-refractivity contribution >= 4 is 35.4 Å². The maximum absolute atomic E-state index is 13.8. The van der Waals surface area contributed by atoms with Crippen molar-refractivity contribution < 1.29 is 23.8 Å². The van der Waals surface area contributed by atoms with Crippen LogP contribution in [0.2, 0.25) is 0 Å². The van der Waals surface area contributed by atoms with Crippen molar-refractivity contribution in [2.24, 2.45) is 4.99 Å². The van der Waals surface area contributed by atoms with E-state index in [-0.39, 0.29) is 23.8 Å². The zero-order valence-corrected chi connectivity index (χ0v) is 22.2. The Labute approximate surface area is 222 Å². The number of allylic oxidation sites excluding steroid dienone is 1. The Morgan fingerprint density at radius 2 is 1.87 bits per heavy atom. The highest BCUT2D eigenvalue weighted by molar-refractivity contribution is 7.07. The SMILES string of the molecule is CCOC(=O)C1=C(C)N=c2s/c(=C\C3=Cc4ccccc4O[C@@H]3C)c(=O)n2[C@@H]1c1ccc(C(=O)OC)cc1. The summed E-state index contributed by atoms with van der Waals surface area (Å²) >= 11 is 1.25. The summed E-state index contributed by atoms with van der Waals surface area (Å²) in [5, 5.41) is 0. The van der Waals surface area contributed by atoms with Crippen LogP contribution in [-0.4, -0.2) is 36.3 Å². The normalized spacial score (nSPS) is 18.5. The monoisotopic (exact) mass is 530 g/mol. The number of fused-ring (bicyclic) bond motifs is 2. The van der Waals surface area contributed by atoms with Gasteiger partial charge in [0.2, 0.25) is 0 Å². The van der Waals surface area contributed by atoms with Crippen molar-refractivity contribution in [2.75, 3.05) is 13.7 Å². The lowest BCUT2D eigenvalue weighted by atomic mass is 9.95. The number of para-hydroxylation sites is 1. The van der Waals surface area contributed by atoms with Crippen molar-refractivity contribution in [1.29, 1.82) is 0 Å². The molecule has 0 aliphatic carbocycles. The number of aromatic nitrogens is 1. The van der Waals surface area contributed by atoms with E-state index in [9.17, 15) is 14.4 Å². The van der Waals surface area contributed by atoms with E-state index in [1.54, 1.807) is 38.1 Å². The van der Waals surface area contributed by atoms with E-state index in [0.29, 0.717) is 26.2 Å². The third-order valence-corrected chi connectivity index (χ3v) is 7.46. The highest BCUT2D eigenvalue weighted by Crippen LogP contribution is 2.32. The predicted octanol–water partition coefficient (Wildman–Crippen LogP) is 3.40. The molecule has 5 rings (SSSR count). The number of esters is 2. The van der Waals surface area contributed by atoms with Gasteiger partial charge in [0, 0.05) is 5.56 Å². The van der Waals surface area contributed by atoms with Gasteiger partial charge in [-0.3, -0.25) is 9.36 Å². The molecule has 0 bridgehead atoms. The molecule has 0 N–H and O–H groups in total. The lowest BCUT2D eigenvalue weighted by Crippen LogP contribution is -2.40. The van der Waals surface area contributed by atoms with Crippen molar-refractivity contribution in [1.82, 2.24) is 4.57 Å². The molecule has 0 spiro atoms. The summed E-state index contributed by atoms with van der Waals surface area (Å²) in [5.74, 6) is -0.223. The number of carbonyl (C=O) groups is 2. The van der Waals surface area contributed by atoms with Gasteiger partial charge in [0.25, 0.3) is 5.56 Å². The van der Waals surface area contributed by atoms with E-state index in [0.717, 1.165) is 16.9 Å². The van der Waals surface area contributed by atoms with Gasteiger partial charge in [0.15, 0.2) is 4.80 Å².